The molecule has 0 aliphatic rings. The number of sulfone groups is 1. The van der Waals surface area contributed by atoms with Gasteiger partial charge < -0.3 is 15.7 Å². The first kappa shape index (κ1) is 18.9. The minimum Gasteiger partial charge on any atom is -0.394 e. The summed E-state index contributed by atoms with van der Waals surface area (Å²) in [4.78, 5) is 16.3. The van der Waals surface area contributed by atoms with Crippen LogP contribution in [0.15, 0.2) is 47.5 Å². The van der Waals surface area contributed by atoms with E-state index in [0.29, 0.717) is 5.56 Å². The van der Waals surface area contributed by atoms with Crippen LogP contribution in [0.1, 0.15) is 22.9 Å². The molecule has 1 aromatic heterocycles. The molecule has 8 heteroatoms. The molecule has 2 rings (SSSR count). The van der Waals surface area contributed by atoms with Crippen molar-refractivity contribution in [1.82, 2.24) is 15.6 Å². The van der Waals surface area contributed by atoms with Crippen molar-refractivity contribution in [2.75, 3.05) is 12.9 Å². The maximum Gasteiger partial charge on any atom is 0.315 e. The van der Waals surface area contributed by atoms with E-state index in [1.807, 2.05) is 19.1 Å². The molecule has 2 amide bonds. The van der Waals surface area contributed by atoms with Gasteiger partial charge in [-0.1, -0.05) is 12.1 Å². The Bertz CT molecular complexity index is 835. The number of aliphatic hydroxyl groups excluding tert-OH is 1. The molecule has 1 aromatic carbocycles. The summed E-state index contributed by atoms with van der Waals surface area (Å²) >= 11 is 0. The number of carbonyl (C=O) groups is 1. The topological polar surface area (TPSA) is 108 Å². The molecule has 1 atom stereocenters. The summed E-state index contributed by atoms with van der Waals surface area (Å²) in [6, 6.07) is 8.68. The Morgan fingerprint density at radius 2 is 1.92 bits per heavy atom. The fourth-order valence-electron chi connectivity index (χ4n) is 2.26. The van der Waals surface area contributed by atoms with E-state index in [1.165, 1.54) is 12.1 Å². The van der Waals surface area contributed by atoms with Gasteiger partial charge in [0.15, 0.2) is 9.84 Å². The van der Waals surface area contributed by atoms with E-state index in [0.717, 1.165) is 17.5 Å². The quantitative estimate of drug-likeness (QED) is 0.717. The molecule has 0 saturated heterocycles. The Hall–Kier alpha value is -2.45. The van der Waals surface area contributed by atoms with Crippen LogP contribution in [0.3, 0.4) is 0 Å². The zero-order chi connectivity index (χ0) is 18.4. The molecular weight excluding hydrogens is 342 g/mol. The van der Waals surface area contributed by atoms with Crippen LogP contribution in [0.25, 0.3) is 0 Å². The van der Waals surface area contributed by atoms with Gasteiger partial charge >= 0.3 is 6.03 Å². The Labute approximate surface area is 147 Å². The van der Waals surface area contributed by atoms with E-state index >= 15 is 0 Å². The van der Waals surface area contributed by atoms with Gasteiger partial charge in [0.25, 0.3) is 0 Å². The van der Waals surface area contributed by atoms with Crippen LogP contribution in [0.5, 0.6) is 0 Å². The Morgan fingerprint density at radius 1 is 1.24 bits per heavy atom. The fraction of sp³-hybridized carbons (Fsp3) is 0.294. The van der Waals surface area contributed by atoms with Crippen LogP contribution < -0.4 is 10.6 Å². The highest BCUT2D eigenvalue weighted by Gasteiger charge is 2.15. The number of aryl methyl sites for hydroxylation is 1. The third-order valence-corrected chi connectivity index (χ3v) is 4.73. The number of amides is 2. The van der Waals surface area contributed by atoms with E-state index in [2.05, 4.69) is 15.6 Å². The Kier molecular flexibility index (Phi) is 6.11. The van der Waals surface area contributed by atoms with E-state index < -0.39 is 21.9 Å². The van der Waals surface area contributed by atoms with Crippen molar-refractivity contribution in [2.45, 2.75) is 24.4 Å². The summed E-state index contributed by atoms with van der Waals surface area (Å²) in [6.07, 6.45) is 2.79. The second kappa shape index (κ2) is 8.09. The van der Waals surface area contributed by atoms with Gasteiger partial charge in [0, 0.05) is 12.5 Å². The van der Waals surface area contributed by atoms with Gasteiger partial charge in [-0.3, -0.25) is 4.98 Å². The van der Waals surface area contributed by atoms with Crippen LogP contribution in [-0.2, 0) is 16.4 Å². The molecule has 7 nitrogen and oxygen atoms in total. The predicted octanol–water partition coefficient (Wildman–Crippen LogP) is 1.33. The molecule has 0 saturated carbocycles. The number of hydrogen-bond acceptors (Lipinski definition) is 5. The first-order valence-electron chi connectivity index (χ1n) is 7.66. The monoisotopic (exact) mass is 363 g/mol. The highest BCUT2D eigenvalue weighted by atomic mass is 32.2. The van der Waals surface area contributed by atoms with Crippen molar-refractivity contribution >= 4 is 15.9 Å². The number of urea groups is 1. The van der Waals surface area contributed by atoms with E-state index in [1.54, 1.807) is 18.3 Å². The van der Waals surface area contributed by atoms with Gasteiger partial charge in [-0.05, 0) is 42.3 Å². The van der Waals surface area contributed by atoms with Gasteiger partial charge in [-0.25, -0.2) is 13.2 Å². The van der Waals surface area contributed by atoms with Gasteiger partial charge in [-0.15, -0.1) is 0 Å². The zero-order valence-electron chi connectivity index (χ0n) is 14.1. The second-order valence-electron chi connectivity index (χ2n) is 5.73. The molecule has 2 aromatic rings. The summed E-state index contributed by atoms with van der Waals surface area (Å²) < 4.78 is 22.9. The summed E-state index contributed by atoms with van der Waals surface area (Å²) in [6.45, 7) is 1.89. The Morgan fingerprint density at radius 3 is 2.48 bits per heavy atom. The number of pyridine rings is 1. The number of nitrogens with one attached hydrogen (secondary N) is 2. The molecule has 1 heterocycles. The molecule has 0 bridgehead atoms. The van der Waals surface area contributed by atoms with Crippen molar-refractivity contribution < 1.29 is 18.3 Å². The zero-order valence-corrected chi connectivity index (χ0v) is 14.9. The normalized spacial score (nSPS) is 12.4. The fourth-order valence-corrected chi connectivity index (χ4v) is 2.89. The predicted molar refractivity (Wildman–Crippen MR) is 93.7 cm³/mol. The van der Waals surface area contributed by atoms with Crippen molar-refractivity contribution in [2.24, 2.45) is 0 Å². The summed E-state index contributed by atoms with van der Waals surface area (Å²) in [5.74, 6) is 0. The van der Waals surface area contributed by atoms with E-state index in [-0.39, 0.29) is 18.0 Å². The van der Waals surface area contributed by atoms with Crippen LogP contribution in [0.4, 0.5) is 4.79 Å². The first-order chi connectivity index (χ1) is 11.8. The lowest BCUT2D eigenvalue weighted by Crippen LogP contribution is -2.39. The lowest BCUT2D eigenvalue weighted by molar-refractivity contribution is 0.216. The van der Waals surface area contributed by atoms with Crippen molar-refractivity contribution in [3.05, 3.63) is 59.4 Å². The average Bonchev–Trinajstić information content (AvgIpc) is 2.57. The minimum atomic E-state index is -3.29. The molecule has 25 heavy (non-hydrogen) atoms. The van der Waals surface area contributed by atoms with Crippen LogP contribution in [0, 0.1) is 6.92 Å². The van der Waals surface area contributed by atoms with Crippen molar-refractivity contribution in [1.29, 1.82) is 0 Å². The third kappa shape index (κ3) is 5.54. The lowest BCUT2D eigenvalue weighted by atomic mass is 10.1. The van der Waals surface area contributed by atoms with Gasteiger partial charge in [0.2, 0.25) is 0 Å². The number of nitrogens with zero attached hydrogens (tertiary/aromatic N) is 1. The number of aromatic nitrogens is 1. The van der Waals surface area contributed by atoms with Crippen LogP contribution >= 0.6 is 0 Å². The number of rotatable bonds is 6. The number of hydrogen-bond donors (Lipinski definition) is 3. The summed E-state index contributed by atoms with van der Waals surface area (Å²) in [7, 11) is -3.29. The summed E-state index contributed by atoms with van der Waals surface area (Å²) in [5, 5.41) is 14.8. The largest absolute Gasteiger partial charge is 0.394 e. The second-order valence-corrected chi connectivity index (χ2v) is 7.74. The van der Waals surface area contributed by atoms with Crippen molar-refractivity contribution in [3.8, 4) is 0 Å². The van der Waals surface area contributed by atoms with E-state index in [9.17, 15) is 18.3 Å². The Balaban J connectivity index is 1.97. The molecule has 134 valence electrons. The molecule has 0 aliphatic heterocycles. The highest BCUT2D eigenvalue weighted by Crippen LogP contribution is 2.16. The van der Waals surface area contributed by atoms with Crippen LogP contribution in [0.2, 0.25) is 0 Å². The molecular formula is C17H21N3O4S. The molecule has 0 aliphatic carbocycles. The molecule has 0 radical (unpaired) electrons. The standard InChI is InChI=1S/C17H21N3O4S/c1-12-7-8-18-14(9-12)10-19-17(22)20-16(11-21)13-3-5-15(6-4-13)25(2,23)24/h3-9,16,21H,10-11H2,1-2H3,(H2,19,20,22). The van der Waals surface area contributed by atoms with Crippen LogP contribution in [-0.4, -0.2) is 37.4 Å². The third-order valence-electron chi connectivity index (χ3n) is 3.60. The molecule has 3 N–H and O–H groups in total. The highest BCUT2D eigenvalue weighted by molar-refractivity contribution is 7.90. The molecule has 0 fully saturated rings. The maximum atomic E-state index is 12.0. The maximum absolute atomic E-state index is 12.0. The number of carbonyl (C=O) groups excluding carboxylic acids is 1. The van der Waals surface area contributed by atoms with Crippen molar-refractivity contribution in [3.63, 3.8) is 0 Å². The average molecular weight is 363 g/mol. The molecule has 0 spiro atoms. The van der Waals surface area contributed by atoms with Gasteiger partial charge in [0.1, 0.15) is 0 Å². The van der Waals surface area contributed by atoms with E-state index in [4.69, 9.17) is 0 Å². The summed E-state index contributed by atoms with van der Waals surface area (Å²) in [5.41, 5.74) is 2.39. The number of benzene rings is 1. The number of aliphatic hydroxyl groups is 1. The molecule has 1 unspecified atom stereocenters. The minimum absolute atomic E-state index is 0.183. The smallest absolute Gasteiger partial charge is 0.315 e. The first-order valence-corrected chi connectivity index (χ1v) is 9.55. The SMILES string of the molecule is Cc1ccnc(CNC(=O)NC(CO)c2ccc(S(C)(=O)=O)cc2)c1. The lowest BCUT2D eigenvalue weighted by Gasteiger charge is -2.17. The van der Waals surface area contributed by atoms with Gasteiger partial charge in [0.05, 0.1) is 29.8 Å². The van der Waals surface area contributed by atoms with Gasteiger partial charge in [-0.2, -0.15) is 0 Å².